The SMILES string of the molecule is CC(C)CC1(C(N)CC2CCCCC2)CCCC1. The highest BCUT2D eigenvalue weighted by molar-refractivity contribution is 4.94. The zero-order valence-electron chi connectivity index (χ0n) is 12.6. The van der Waals surface area contributed by atoms with Crippen molar-refractivity contribution in [3.63, 3.8) is 0 Å². The Morgan fingerprint density at radius 2 is 1.61 bits per heavy atom. The van der Waals surface area contributed by atoms with Gasteiger partial charge >= 0.3 is 0 Å². The maximum atomic E-state index is 6.69. The van der Waals surface area contributed by atoms with Crippen LogP contribution >= 0.6 is 0 Å². The minimum Gasteiger partial charge on any atom is -0.327 e. The Labute approximate surface area is 114 Å². The molecular weight excluding hydrogens is 218 g/mol. The van der Waals surface area contributed by atoms with Crippen LogP contribution in [0.5, 0.6) is 0 Å². The Kier molecular flexibility index (Phi) is 5.12. The Hall–Kier alpha value is -0.0400. The quantitative estimate of drug-likeness (QED) is 0.739. The smallest absolute Gasteiger partial charge is 0.00982 e. The van der Waals surface area contributed by atoms with Crippen LogP contribution in [0.1, 0.15) is 84.5 Å². The van der Waals surface area contributed by atoms with Crippen molar-refractivity contribution in [2.45, 2.75) is 90.5 Å². The molecule has 0 aromatic rings. The standard InChI is InChI=1S/C17H33N/c1-14(2)13-17(10-6-7-11-17)16(18)12-15-8-4-3-5-9-15/h14-16H,3-13,18H2,1-2H3. The third-order valence-corrected chi connectivity index (χ3v) is 5.51. The summed E-state index contributed by atoms with van der Waals surface area (Å²) in [6.07, 6.45) is 15.6. The average Bonchev–Trinajstić information content (AvgIpc) is 2.79. The number of hydrogen-bond donors (Lipinski definition) is 1. The summed E-state index contributed by atoms with van der Waals surface area (Å²) in [6, 6.07) is 0.477. The van der Waals surface area contributed by atoms with Gasteiger partial charge in [0.1, 0.15) is 0 Å². The van der Waals surface area contributed by atoms with E-state index in [4.69, 9.17) is 5.73 Å². The van der Waals surface area contributed by atoms with Crippen molar-refractivity contribution in [1.82, 2.24) is 0 Å². The van der Waals surface area contributed by atoms with Crippen LogP contribution in [0.4, 0.5) is 0 Å². The van der Waals surface area contributed by atoms with Gasteiger partial charge in [0, 0.05) is 6.04 Å². The molecule has 0 heterocycles. The molecule has 0 aromatic heterocycles. The first-order valence-electron chi connectivity index (χ1n) is 8.38. The molecule has 2 fully saturated rings. The molecule has 1 atom stereocenters. The van der Waals surface area contributed by atoms with Gasteiger partial charge in [-0.05, 0) is 42.9 Å². The lowest BCUT2D eigenvalue weighted by Gasteiger charge is -2.39. The zero-order chi connectivity index (χ0) is 13.0. The lowest BCUT2D eigenvalue weighted by Crippen LogP contribution is -2.42. The molecule has 0 radical (unpaired) electrons. The largest absolute Gasteiger partial charge is 0.327 e. The van der Waals surface area contributed by atoms with Crippen LogP contribution in [0.3, 0.4) is 0 Å². The van der Waals surface area contributed by atoms with E-state index in [1.807, 2.05) is 0 Å². The Balaban J connectivity index is 1.92. The highest BCUT2D eigenvalue weighted by Gasteiger charge is 2.40. The molecule has 1 nitrogen and oxygen atoms in total. The van der Waals surface area contributed by atoms with Crippen LogP contribution in [0.2, 0.25) is 0 Å². The summed E-state index contributed by atoms with van der Waals surface area (Å²) in [4.78, 5) is 0. The van der Waals surface area contributed by atoms with E-state index in [1.54, 1.807) is 0 Å². The number of hydrogen-bond acceptors (Lipinski definition) is 1. The summed E-state index contributed by atoms with van der Waals surface area (Å²) in [7, 11) is 0. The molecule has 0 aliphatic heterocycles. The summed E-state index contributed by atoms with van der Waals surface area (Å²) in [5, 5.41) is 0. The predicted octanol–water partition coefficient (Wildman–Crippen LogP) is 4.89. The van der Waals surface area contributed by atoms with Gasteiger partial charge in [-0.2, -0.15) is 0 Å². The fraction of sp³-hybridized carbons (Fsp3) is 1.00. The fourth-order valence-electron chi connectivity index (χ4n) is 4.65. The summed E-state index contributed by atoms with van der Waals surface area (Å²) in [5.74, 6) is 1.75. The normalized spacial score (nSPS) is 26.7. The van der Waals surface area contributed by atoms with Gasteiger partial charge in [0.15, 0.2) is 0 Å². The summed E-state index contributed by atoms with van der Waals surface area (Å²) in [6.45, 7) is 4.74. The Morgan fingerprint density at radius 3 is 2.17 bits per heavy atom. The van der Waals surface area contributed by atoms with Crippen LogP contribution in [-0.4, -0.2) is 6.04 Å². The predicted molar refractivity (Wildman–Crippen MR) is 79.5 cm³/mol. The molecule has 18 heavy (non-hydrogen) atoms. The molecule has 0 aromatic carbocycles. The molecule has 2 rings (SSSR count). The molecule has 106 valence electrons. The van der Waals surface area contributed by atoms with E-state index in [0.29, 0.717) is 11.5 Å². The molecule has 2 N–H and O–H groups in total. The second-order valence-electron chi connectivity index (χ2n) is 7.51. The van der Waals surface area contributed by atoms with Crippen molar-refractivity contribution in [3.05, 3.63) is 0 Å². The topological polar surface area (TPSA) is 26.0 Å². The van der Waals surface area contributed by atoms with Crippen molar-refractivity contribution < 1.29 is 0 Å². The van der Waals surface area contributed by atoms with Gasteiger partial charge in [-0.3, -0.25) is 0 Å². The van der Waals surface area contributed by atoms with Crippen molar-refractivity contribution in [3.8, 4) is 0 Å². The highest BCUT2D eigenvalue weighted by Crippen LogP contribution is 2.47. The van der Waals surface area contributed by atoms with Crippen molar-refractivity contribution in [2.24, 2.45) is 23.0 Å². The van der Waals surface area contributed by atoms with Crippen LogP contribution < -0.4 is 5.73 Å². The summed E-state index contributed by atoms with van der Waals surface area (Å²) < 4.78 is 0. The van der Waals surface area contributed by atoms with E-state index in [0.717, 1.165) is 11.8 Å². The van der Waals surface area contributed by atoms with Crippen LogP contribution in [-0.2, 0) is 0 Å². The highest BCUT2D eigenvalue weighted by atomic mass is 14.7. The third kappa shape index (κ3) is 3.50. The first kappa shape index (κ1) is 14.4. The maximum Gasteiger partial charge on any atom is 0.00982 e. The minimum atomic E-state index is 0.477. The van der Waals surface area contributed by atoms with E-state index >= 15 is 0 Å². The second kappa shape index (κ2) is 6.41. The average molecular weight is 251 g/mol. The summed E-state index contributed by atoms with van der Waals surface area (Å²) in [5.41, 5.74) is 7.20. The van der Waals surface area contributed by atoms with Crippen LogP contribution in [0, 0.1) is 17.3 Å². The minimum absolute atomic E-state index is 0.477. The monoisotopic (exact) mass is 251 g/mol. The Bertz CT molecular complexity index is 234. The van der Waals surface area contributed by atoms with Gasteiger partial charge in [-0.1, -0.05) is 58.8 Å². The lowest BCUT2D eigenvalue weighted by molar-refractivity contribution is 0.151. The van der Waals surface area contributed by atoms with Gasteiger partial charge in [-0.25, -0.2) is 0 Å². The first-order chi connectivity index (χ1) is 8.62. The Morgan fingerprint density at radius 1 is 1.00 bits per heavy atom. The lowest BCUT2D eigenvalue weighted by atomic mass is 9.69. The molecule has 1 unspecified atom stereocenters. The molecule has 0 spiro atoms. The molecule has 0 amide bonds. The summed E-state index contributed by atoms with van der Waals surface area (Å²) >= 11 is 0. The first-order valence-corrected chi connectivity index (χ1v) is 8.38. The molecule has 2 aliphatic rings. The second-order valence-corrected chi connectivity index (χ2v) is 7.51. The molecule has 0 saturated heterocycles. The molecule has 1 heteroatoms. The maximum absolute atomic E-state index is 6.69. The van der Waals surface area contributed by atoms with Gasteiger partial charge in [0.05, 0.1) is 0 Å². The van der Waals surface area contributed by atoms with E-state index in [1.165, 1.54) is 70.6 Å². The van der Waals surface area contributed by atoms with Crippen LogP contribution in [0.15, 0.2) is 0 Å². The molecule has 0 bridgehead atoms. The molecule has 2 aliphatic carbocycles. The molecule has 2 saturated carbocycles. The zero-order valence-corrected chi connectivity index (χ0v) is 12.6. The van der Waals surface area contributed by atoms with E-state index in [2.05, 4.69) is 13.8 Å². The molecular formula is C17H33N. The fourth-order valence-corrected chi connectivity index (χ4v) is 4.65. The van der Waals surface area contributed by atoms with E-state index in [-0.39, 0.29) is 0 Å². The van der Waals surface area contributed by atoms with Gasteiger partial charge in [0.25, 0.3) is 0 Å². The van der Waals surface area contributed by atoms with Crippen LogP contribution in [0.25, 0.3) is 0 Å². The van der Waals surface area contributed by atoms with E-state index < -0.39 is 0 Å². The van der Waals surface area contributed by atoms with Crippen molar-refractivity contribution in [2.75, 3.05) is 0 Å². The number of nitrogens with two attached hydrogens (primary N) is 1. The van der Waals surface area contributed by atoms with Gasteiger partial charge in [0.2, 0.25) is 0 Å². The van der Waals surface area contributed by atoms with Gasteiger partial charge < -0.3 is 5.73 Å². The van der Waals surface area contributed by atoms with Crippen molar-refractivity contribution in [1.29, 1.82) is 0 Å². The van der Waals surface area contributed by atoms with E-state index in [9.17, 15) is 0 Å². The third-order valence-electron chi connectivity index (χ3n) is 5.51. The van der Waals surface area contributed by atoms with Gasteiger partial charge in [-0.15, -0.1) is 0 Å². The number of rotatable bonds is 5. The van der Waals surface area contributed by atoms with Crippen molar-refractivity contribution >= 4 is 0 Å².